The molecule has 0 bridgehead atoms. The van der Waals surface area contributed by atoms with Crippen LogP contribution in [0.15, 0.2) is 6.07 Å². The number of nitro groups is 1. The van der Waals surface area contributed by atoms with Gasteiger partial charge in [-0.05, 0) is 26.8 Å². The van der Waals surface area contributed by atoms with Crippen LogP contribution >= 0.6 is 0 Å². The summed E-state index contributed by atoms with van der Waals surface area (Å²) in [5.41, 5.74) is 1.13. The standard InChI is InChI=1S/C11H13N5O3/c1-6-5-7(2)15(12-6)11(17)9-10(16(18)19)8(3)14(4)13-9/h5H,1-4H3. The molecule has 0 unspecified atom stereocenters. The average Bonchev–Trinajstić information content (AvgIpc) is 2.79. The van der Waals surface area contributed by atoms with Gasteiger partial charge < -0.3 is 0 Å². The fraction of sp³-hybridized carbons (Fsp3) is 0.364. The van der Waals surface area contributed by atoms with E-state index in [1.54, 1.807) is 33.9 Å². The van der Waals surface area contributed by atoms with Crippen molar-refractivity contribution in [2.45, 2.75) is 20.8 Å². The summed E-state index contributed by atoms with van der Waals surface area (Å²) < 4.78 is 2.45. The Morgan fingerprint density at radius 1 is 1.32 bits per heavy atom. The molecule has 0 N–H and O–H groups in total. The van der Waals surface area contributed by atoms with Gasteiger partial charge in [0.1, 0.15) is 5.69 Å². The second kappa shape index (κ2) is 4.30. The molecule has 2 aromatic heterocycles. The van der Waals surface area contributed by atoms with Gasteiger partial charge in [-0.25, -0.2) is 0 Å². The minimum atomic E-state index is -0.596. The Morgan fingerprint density at radius 2 is 1.95 bits per heavy atom. The Hall–Kier alpha value is -2.51. The zero-order valence-corrected chi connectivity index (χ0v) is 11.0. The number of hydrogen-bond donors (Lipinski definition) is 0. The van der Waals surface area contributed by atoms with Gasteiger partial charge in [0.2, 0.25) is 5.69 Å². The van der Waals surface area contributed by atoms with E-state index in [1.807, 2.05) is 0 Å². The predicted octanol–water partition coefficient (Wildman–Crippen LogP) is 1.14. The topological polar surface area (TPSA) is 95.8 Å². The molecule has 19 heavy (non-hydrogen) atoms. The van der Waals surface area contributed by atoms with Crippen molar-refractivity contribution in [1.29, 1.82) is 0 Å². The quantitative estimate of drug-likeness (QED) is 0.598. The molecule has 0 aromatic carbocycles. The van der Waals surface area contributed by atoms with Crippen molar-refractivity contribution in [3.8, 4) is 0 Å². The lowest BCUT2D eigenvalue weighted by molar-refractivity contribution is -0.385. The van der Waals surface area contributed by atoms with E-state index in [0.717, 1.165) is 4.68 Å². The Balaban J connectivity index is 2.59. The Bertz CT molecular complexity index is 683. The summed E-state index contributed by atoms with van der Waals surface area (Å²) in [7, 11) is 1.56. The SMILES string of the molecule is Cc1cc(C)n(C(=O)c2nn(C)c(C)c2[N+](=O)[O-])n1. The van der Waals surface area contributed by atoms with Gasteiger partial charge in [0.25, 0.3) is 0 Å². The van der Waals surface area contributed by atoms with Crippen molar-refractivity contribution in [1.82, 2.24) is 19.6 Å². The minimum Gasteiger partial charge on any atom is -0.265 e. The molecule has 0 saturated heterocycles. The number of aromatic nitrogens is 4. The molecule has 0 aliphatic rings. The number of hydrogen-bond acceptors (Lipinski definition) is 5. The highest BCUT2D eigenvalue weighted by Crippen LogP contribution is 2.23. The number of aryl methyl sites for hydroxylation is 3. The van der Waals surface area contributed by atoms with E-state index in [0.29, 0.717) is 17.1 Å². The Morgan fingerprint density at radius 3 is 2.42 bits per heavy atom. The molecular formula is C11H13N5O3. The molecule has 0 fully saturated rings. The molecule has 0 saturated carbocycles. The van der Waals surface area contributed by atoms with E-state index in [1.165, 1.54) is 4.68 Å². The highest BCUT2D eigenvalue weighted by atomic mass is 16.6. The first-order chi connectivity index (χ1) is 8.82. The fourth-order valence-electron chi connectivity index (χ4n) is 1.89. The molecule has 0 spiro atoms. The molecule has 100 valence electrons. The smallest absolute Gasteiger partial charge is 0.265 e. The molecule has 8 nitrogen and oxygen atoms in total. The summed E-state index contributed by atoms with van der Waals surface area (Å²) >= 11 is 0. The number of carbonyl (C=O) groups excluding carboxylic acids is 1. The largest absolute Gasteiger partial charge is 0.322 e. The van der Waals surface area contributed by atoms with Crippen LogP contribution in [0.5, 0.6) is 0 Å². The van der Waals surface area contributed by atoms with Crippen LogP contribution in [0.4, 0.5) is 5.69 Å². The van der Waals surface area contributed by atoms with Gasteiger partial charge in [-0.15, -0.1) is 0 Å². The molecule has 0 radical (unpaired) electrons. The van der Waals surface area contributed by atoms with Crippen LogP contribution in [0.25, 0.3) is 0 Å². The van der Waals surface area contributed by atoms with Crippen molar-refractivity contribution in [3.05, 3.63) is 39.0 Å². The monoisotopic (exact) mass is 263 g/mol. The van der Waals surface area contributed by atoms with Crippen LogP contribution < -0.4 is 0 Å². The van der Waals surface area contributed by atoms with Gasteiger partial charge in [-0.2, -0.15) is 14.9 Å². The summed E-state index contributed by atoms with van der Waals surface area (Å²) in [4.78, 5) is 22.7. The lowest BCUT2D eigenvalue weighted by atomic mass is 10.3. The van der Waals surface area contributed by atoms with Crippen LogP contribution in [0.2, 0.25) is 0 Å². The zero-order chi connectivity index (χ0) is 14.3. The molecule has 2 rings (SSSR count). The predicted molar refractivity (Wildman–Crippen MR) is 66.0 cm³/mol. The fourth-order valence-corrected chi connectivity index (χ4v) is 1.89. The van der Waals surface area contributed by atoms with Crippen molar-refractivity contribution >= 4 is 11.6 Å². The van der Waals surface area contributed by atoms with E-state index in [4.69, 9.17) is 0 Å². The number of carbonyl (C=O) groups is 1. The highest BCUT2D eigenvalue weighted by molar-refractivity contribution is 5.98. The summed E-state index contributed by atoms with van der Waals surface area (Å²) in [6.45, 7) is 5.00. The van der Waals surface area contributed by atoms with Crippen molar-refractivity contribution in [3.63, 3.8) is 0 Å². The Labute approximate surface area is 108 Å². The molecule has 2 aromatic rings. The van der Waals surface area contributed by atoms with Crippen LogP contribution in [0, 0.1) is 30.9 Å². The van der Waals surface area contributed by atoms with Crippen LogP contribution in [-0.2, 0) is 7.05 Å². The lowest BCUT2D eigenvalue weighted by Crippen LogP contribution is -2.17. The molecule has 0 amide bonds. The van der Waals surface area contributed by atoms with E-state index in [-0.39, 0.29) is 11.4 Å². The number of rotatable bonds is 2. The molecule has 0 aliphatic carbocycles. The first kappa shape index (κ1) is 12.9. The second-order valence-electron chi connectivity index (χ2n) is 4.31. The summed E-state index contributed by atoms with van der Waals surface area (Å²) in [6.07, 6.45) is 0. The second-order valence-corrected chi connectivity index (χ2v) is 4.31. The summed E-state index contributed by atoms with van der Waals surface area (Å²) in [5.74, 6) is -0.596. The van der Waals surface area contributed by atoms with E-state index in [9.17, 15) is 14.9 Å². The normalized spacial score (nSPS) is 10.7. The number of nitrogens with zero attached hydrogens (tertiary/aromatic N) is 5. The van der Waals surface area contributed by atoms with Crippen LogP contribution in [0.1, 0.15) is 27.6 Å². The van der Waals surface area contributed by atoms with E-state index in [2.05, 4.69) is 10.2 Å². The minimum absolute atomic E-state index is 0.198. The van der Waals surface area contributed by atoms with Gasteiger partial charge in [0.05, 0.1) is 10.6 Å². The van der Waals surface area contributed by atoms with Gasteiger partial charge in [-0.3, -0.25) is 19.6 Å². The van der Waals surface area contributed by atoms with Gasteiger partial charge >= 0.3 is 11.6 Å². The zero-order valence-electron chi connectivity index (χ0n) is 11.0. The maximum atomic E-state index is 12.3. The Kier molecular flexibility index (Phi) is 2.93. The summed E-state index contributed by atoms with van der Waals surface area (Å²) in [6, 6.07) is 1.72. The van der Waals surface area contributed by atoms with Gasteiger partial charge in [0, 0.05) is 12.7 Å². The molecule has 2 heterocycles. The maximum absolute atomic E-state index is 12.3. The summed E-state index contributed by atoms with van der Waals surface area (Å²) in [5, 5.41) is 19.0. The first-order valence-electron chi connectivity index (χ1n) is 5.59. The molecule has 0 aliphatic heterocycles. The third-order valence-corrected chi connectivity index (χ3v) is 2.89. The third kappa shape index (κ3) is 2.01. The first-order valence-corrected chi connectivity index (χ1v) is 5.59. The van der Waals surface area contributed by atoms with Crippen molar-refractivity contribution in [2.75, 3.05) is 0 Å². The van der Waals surface area contributed by atoms with Crippen molar-refractivity contribution in [2.24, 2.45) is 7.05 Å². The van der Waals surface area contributed by atoms with E-state index < -0.39 is 10.8 Å². The van der Waals surface area contributed by atoms with Gasteiger partial charge in [-0.1, -0.05) is 0 Å². The molecular weight excluding hydrogens is 250 g/mol. The third-order valence-electron chi connectivity index (χ3n) is 2.89. The van der Waals surface area contributed by atoms with Gasteiger partial charge in [0.15, 0.2) is 0 Å². The highest BCUT2D eigenvalue weighted by Gasteiger charge is 2.30. The van der Waals surface area contributed by atoms with Crippen molar-refractivity contribution < 1.29 is 9.72 Å². The lowest BCUT2D eigenvalue weighted by Gasteiger charge is -1.99. The average molecular weight is 263 g/mol. The van der Waals surface area contributed by atoms with Crippen LogP contribution in [0.3, 0.4) is 0 Å². The molecule has 8 heteroatoms. The van der Waals surface area contributed by atoms with E-state index >= 15 is 0 Å². The van der Waals surface area contributed by atoms with Crippen LogP contribution in [-0.4, -0.2) is 30.4 Å². The molecule has 0 atom stereocenters. The maximum Gasteiger partial charge on any atom is 0.322 e.